The maximum Gasteiger partial charge on any atom is 0.271 e. The van der Waals surface area contributed by atoms with Crippen molar-refractivity contribution < 1.29 is 9.53 Å². The highest BCUT2D eigenvalue weighted by molar-refractivity contribution is 6.07. The molecule has 5 aromatic carbocycles. The van der Waals surface area contributed by atoms with Gasteiger partial charge in [-0.2, -0.15) is 5.10 Å². The summed E-state index contributed by atoms with van der Waals surface area (Å²) in [4.78, 5) is 12.7. The maximum atomic E-state index is 12.7. The van der Waals surface area contributed by atoms with Crippen LogP contribution < -0.4 is 10.2 Å². The number of amides is 1. The number of nitrogens with zero attached hydrogens (tertiary/aromatic N) is 1. The van der Waals surface area contributed by atoms with E-state index in [1.807, 2.05) is 78.9 Å². The van der Waals surface area contributed by atoms with E-state index in [4.69, 9.17) is 4.74 Å². The molecular weight excluding hydrogens is 408 g/mol. The van der Waals surface area contributed by atoms with Crippen molar-refractivity contribution in [1.29, 1.82) is 0 Å². The van der Waals surface area contributed by atoms with Crippen LogP contribution in [0.3, 0.4) is 0 Å². The second-order valence-electron chi connectivity index (χ2n) is 7.69. The Morgan fingerprint density at radius 3 is 2.21 bits per heavy atom. The lowest BCUT2D eigenvalue weighted by Gasteiger charge is -2.11. The zero-order chi connectivity index (χ0) is 22.5. The van der Waals surface area contributed by atoms with Crippen LogP contribution in [0.4, 0.5) is 0 Å². The van der Waals surface area contributed by atoms with Gasteiger partial charge in [0, 0.05) is 11.1 Å². The predicted molar refractivity (Wildman–Crippen MR) is 134 cm³/mol. The third kappa shape index (κ3) is 4.46. The Morgan fingerprint density at radius 2 is 1.36 bits per heavy atom. The molecule has 0 spiro atoms. The molecule has 0 aliphatic rings. The topological polar surface area (TPSA) is 50.7 Å². The first-order valence-electron chi connectivity index (χ1n) is 10.8. The maximum absolute atomic E-state index is 12.7. The number of carbonyl (C=O) groups excluding carboxylic acids is 1. The molecule has 0 saturated carbocycles. The Bertz CT molecular complexity index is 1460. The van der Waals surface area contributed by atoms with Crippen LogP contribution in [0.15, 0.2) is 114 Å². The molecule has 0 aliphatic carbocycles. The Labute approximate surface area is 192 Å². The number of hydrazone groups is 1. The van der Waals surface area contributed by atoms with Crippen molar-refractivity contribution in [3.63, 3.8) is 0 Å². The molecule has 1 amide bonds. The molecule has 4 heteroatoms. The second-order valence-corrected chi connectivity index (χ2v) is 7.69. The molecule has 0 aromatic heterocycles. The summed E-state index contributed by atoms with van der Waals surface area (Å²) in [5.74, 6) is 0.450. The summed E-state index contributed by atoms with van der Waals surface area (Å²) >= 11 is 0. The minimum Gasteiger partial charge on any atom is -0.488 e. The lowest BCUT2D eigenvalue weighted by atomic mass is 10.0. The fraction of sp³-hybridized carbons (Fsp3) is 0.0345. The van der Waals surface area contributed by atoms with Crippen molar-refractivity contribution in [1.82, 2.24) is 5.43 Å². The monoisotopic (exact) mass is 430 g/mol. The van der Waals surface area contributed by atoms with Crippen molar-refractivity contribution in [3.8, 4) is 5.75 Å². The molecule has 4 nitrogen and oxygen atoms in total. The summed E-state index contributed by atoms with van der Waals surface area (Å²) in [7, 11) is 0. The summed E-state index contributed by atoms with van der Waals surface area (Å²) in [5.41, 5.74) is 5.13. The SMILES string of the molecule is O=C(NN=Cc1ccccc1OCc1cccc2ccccc12)c1cccc2ccccc12. The van der Waals surface area contributed by atoms with Gasteiger partial charge in [-0.25, -0.2) is 5.43 Å². The number of ether oxygens (including phenoxy) is 1. The van der Waals surface area contributed by atoms with Crippen LogP contribution in [-0.2, 0) is 6.61 Å². The fourth-order valence-electron chi connectivity index (χ4n) is 3.94. The smallest absolute Gasteiger partial charge is 0.271 e. The van der Waals surface area contributed by atoms with E-state index in [-0.39, 0.29) is 5.91 Å². The summed E-state index contributed by atoms with van der Waals surface area (Å²) in [5, 5.41) is 8.46. The van der Waals surface area contributed by atoms with Crippen LogP contribution in [0, 0.1) is 0 Å². The molecule has 160 valence electrons. The molecule has 0 saturated heterocycles. The molecular formula is C29H22N2O2. The molecule has 5 aromatic rings. The number of carbonyl (C=O) groups is 1. The fourth-order valence-corrected chi connectivity index (χ4v) is 3.94. The Morgan fingerprint density at radius 1 is 0.727 bits per heavy atom. The second kappa shape index (κ2) is 9.37. The molecule has 0 unspecified atom stereocenters. The number of rotatable bonds is 6. The molecule has 0 heterocycles. The first-order valence-corrected chi connectivity index (χ1v) is 10.8. The van der Waals surface area contributed by atoms with E-state index < -0.39 is 0 Å². The number of nitrogens with one attached hydrogen (secondary N) is 1. The van der Waals surface area contributed by atoms with E-state index in [9.17, 15) is 4.79 Å². The van der Waals surface area contributed by atoms with Crippen molar-refractivity contribution in [2.45, 2.75) is 6.61 Å². The number of hydrogen-bond acceptors (Lipinski definition) is 3. The molecule has 0 atom stereocenters. The largest absolute Gasteiger partial charge is 0.488 e. The van der Waals surface area contributed by atoms with Gasteiger partial charge in [0.1, 0.15) is 12.4 Å². The van der Waals surface area contributed by atoms with Gasteiger partial charge >= 0.3 is 0 Å². The first-order chi connectivity index (χ1) is 16.3. The van der Waals surface area contributed by atoms with Crippen LogP contribution in [0.1, 0.15) is 21.5 Å². The quantitative estimate of drug-likeness (QED) is 0.253. The summed E-state index contributed by atoms with van der Waals surface area (Å²) in [6.45, 7) is 0.439. The van der Waals surface area contributed by atoms with E-state index in [1.165, 1.54) is 10.8 Å². The van der Waals surface area contributed by atoms with E-state index in [1.54, 1.807) is 12.3 Å². The van der Waals surface area contributed by atoms with Crippen LogP contribution in [0.2, 0.25) is 0 Å². The average Bonchev–Trinajstić information content (AvgIpc) is 2.87. The molecule has 0 bridgehead atoms. The molecule has 33 heavy (non-hydrogen) atoms. The number of hydrogen-bond donors (Lipinski definition) is 1. The zero-order valence-corrected chi connectivity index (χ0v) is 17.9. The molecule has 0 aliphatic heterocycles. The Balaban J connectivity index is 1.31. The van der Waals surface area contributed by atoms with Crippen LogP contribution in [0.5, 0.6) is 5.75 Å². The van der Waals surface area contributed by atoms with Gasteiger partial charge in [0.25, 0.3) is 5.91 Å². The third-order valence-corrected chi connectivity index (χ3v) is 5.59. The number of fused-ring (bicyclic) bond motifs is 2. The van der Waals surface area contributed by atoms with Crippen LogP contribution in [-0.4, -0.2) is 12.1 Å². The Kier molecular flexibility index (Phi) is 5.81. The summed E-state index contributed by atoms with van der Waals surface area (Å²) in [6.07, 6.45) is 1.61. The first kappa shape index (κ1) is 20.5. The van der Waals surface area contributed by atoms with Crippen LogP contribution in [0.25, 0.3) is 21.5 Å². The van der Waals surface area contributed by atoms with Crippen molar-refractivity contribution >= 4 is 33.7 Å². The average molecular weight is 431 g/mol. The Hall–Kier alpha value is -4.44. The van der Waals surface area contributed by atoms with Gasteiger partial charge in [-0.15, -0.1) is 0 Å². The molecule has 0 radical (unpaired) electrons. The van der Waals surface area contributed by atoms with Crippen LogP contribution >= 0.6 is 0 Å². The summed E-state index contributed by atoms with van der Waals surface area (Å²) < 4.78 is 6.13. The third-order valence-electron chi connectivity index (χ3n) is 5.59. The lowest BCUT2D eigenvalue weighted by molar-refractivity contribution is 0.0957. The van der Waals surface area contributed by atoms with Gasteiger partial charge in [-0.1, -0.05) is 91.0 Å². The number of para-hydroxylation sites is 1. The minimum atomic E-state index is -0.253. The van der Waals surface area contributed by atoms with Crippen molar-refractivity contribution in [2.24, 2.45) is 5.10 Å². The molecule has 0 fully saturated rings. The zero-order valence-electron chi connectivity index (χ0n) is 17.9. The standard InChI is InChI=1S/C29H22N2O2/c32-29(27-17-8-13-22-10-2-5-16-26(22)27)31-30-19-23-11-3-6-18-28(23)33-20-24-14-7-12-21-9-1-4-15-25(21)24/h1-19H,20H2,(H,31,32). The summed E-state index contributed by atoms with van der Waals surface area (Å²) in [6, 6.07) is 35.6. The van der Waals surface area contributed by atoms with E-state index >= 15 is 0 Å². The highest BCUT2D eigenvalue weighted by Crippen LogP contribution is 2.22. The van der Waals surface area contributed by atoms with Gasteiger partial charge in [0.2, 0.25) is 0 Å². The van der Waals surface area contributed by atoms with Gasteiger partial charge in [-0.05, 0) is 45.3 Å². The van der Waals surface area contributed by atoms with E-state index in [0.717, 1.165) is 21.9 Å². The van der Waals surface area contributed by atoms with E-state index in [0.29, 0.717) is 17.9 Å². The van der Waals surface area contributed by atoms with Crippen molar-refractivity contribution in [2.75, 3.05) is 0 Å². The molecule has 1 N–H and O–H groups in total. The highest BCUT2D eigenvalue weighted by Gasteiger charge is 2.09. The minimum absolute atomic E-state index is 0.253. The van der Waals surface area contributed by atoms with Gasteiger partial charge in [0.05, 0.1) is 6.21 Å². The lowest BCUT2D eigenvalue weighted by Crippen LogP contribution is -2.18. The van der Waals surface area contributed by atoms with Gasteiger partial charge in [-0.3, -0.25) is 4.79 Å². The van der Waals surface area contributed by atoms with E-state index in [2.05, 4.69) is 34.8 Å². The van der Waals surface area contributed by atoms with Gasteiger partial charge in [0.15, 0.2) is 0 Å². The normalized spacial score (nSPS) is 11.2. The van der Waals surface area contributed by atoms with Gasteiger partial charge < -0.3 is 4.74 Å². The molecule has 5 rings (SSSR count). The predicted octanol–water partition coefficient (Wildman–Crippen LogP) is 6.34. The highest BCUT2D eigenvalue weighted by atomic mass is 16.5. The number of benzene rings is 5. The van der Waals surface area contributed by atoms with Crippen molar-refractivity contribution in [3.05, 3.63) is 126 Å².